The summed E-state index contributed by atoms with van der Waals surface area (Å²) in [7, 11) is 0. The van der Waals surface area contributed by atoms with Crippen molar-refractivity contribution in [3.8, 4) is 16.9 Å². The number of ether oxygens (including phenoxy) is 1. The molecule has 0 radical (unpaired) electrons. The van der Waals surface area contributed by atoms with Crippen molar-refractivity contribution in [2.24, 2.45) is 5.73 Å². The normalized spacial score (nSPS) is 11.0. The highest BCUT2D eigenvalue weighted by molar-refractivity contribution is 5.95. The Bertz CT molecular complexity index is 1360. The molecule has 0 aliphatic heterocycles. The third-order valence-corrected chi connectivity index (χ3v) is 5.41. The summed E-state index contributed by atoms with van der Waals surface area (Å²) in [6.07, 6.45) is 1.29. The number of carbonyl (C=O) groups is 2. The molecule has 6 nitrogen and oxygen atoms in total. The molecule has 3 aromatic carbocycles. The van der Waals surface area contributed by atoms with Gasteiger partial charge in [-0.3, -0.25) is 9.59 Å². The second-order valence-electron chi connectivity index (χ2n) is 7.70. The Kier molecular flexibility index (Phi) is 6.24. The molecule has 0 amide bonds. The van der Waals surface area contributed by atoms with Crippen molar-refractivity contribution in [3.05, 3.63) is 88.9 Å². The van der Waals surface area contributed by atoms with E-state index in [0.717, 1.165) is 10.9 Å². The highest BCUT2D eigenvalue weighted by Gasteiger charge is 2.16. The van der Waals surface area contributed by atoms with Gasteiger partial charge in [-0.1, -0.05) is 30.3 Å². The Morgan fingerprint density at radius 1 is 1.06 bits per heavy atom. The predicted octanol–water partition coefficient (Wildman–Crippen LogP) is 5.11. The molecule has 4 aromatic rings. The van der Waals surface area contributed by atoms with Crippen molar-refractivity contribution in [3.63, 3.8) is 0 Å². The standard InChI is InChI=1S/C26H22FNO5/c1-15(29)17-5-6-18(12-24(30)31)23(11-17)33-14-16-9-19-7-8-32-26(19)22(10-16)21-4-2-3-20(13-28)25(21)27/h2-11H,12-14,28H2,1H3,(H,30,31). The van der Waals surface area contributed by atoms with Crippen molar-refractivity contribution < 1.29 is 28.2 Å². The highest BCUT2D eigenvalue weighted by Crippen LogP contribution is 2.34. The number of aliphatic carboxylic acids is 1. The number of rotatable bonds is 8. The van der Waals surface area contributed by atoms with E-state index in [0.29, 0.717) is 39.1 Å². The minimum absolute atomic E-state index is 0.0720. The van der Waals surface area contributed by atoms with E-state index in [2.05, 4.69) is 0 Å². The van der Waals surface area contributed by atoms with Crippen molar-refractivity contribution in [1.82, 2.24) is 0 Å². The minimum Gasteiger partial charge on any atom is -0.489 e. The van der Waals surface area contributed by atoms with Crippen molar-refractivity contribution in [1.29, 1.82) is 0 Å². The quantitative estimate of drug-likeness (QED) is 0.364. The van der Waals surface area contributed by atoms with Crippen LogP contribution in [0.5, 0.6) is 5.75 Å². The van der Waals surface area contributed by atoms with Crippen LogP contribution in [0.25, 0.3) is 22.1 Å². The van der Waals surface area contributed by atoms with Gasteiger partial charge in [0, 0.05) is 39.7 Å². The molecule has 0 saturated carbocycles. The van der Waals surface area contributed by atoms with E-state index in [1.54, 1.807) is 48.5 Å². The Labute approximate surface area is 189 Å². The number of halogens is 1. The Balaban J connectivity index is 1.72. The lowest BCUT2D eigenvalue weighted by molar-refractivity contribution is -0.136. The summed E-state index contributed by atoms with van der Waals surface area (Å²) in [5.74, 6) is -1.25. The first kappa shape index (κ1) is 22.2. The van der Waals surface area contributed by atoms with Gasteiger partial charge >= 0.3 is 5.97 Å². The number of Topliss-reactive ketones (excluding diaryl/α,β-unsaturated/α-hetero) is 1. The first-order valence-corrected chi connectivity index (χ1v) is 10.3. The fourth-order valence-electron chi connectivity index (χ4n) is 3.75. The number of hydrogen-bond donors (Lipinski definition) is 2. The van der Waals surface area contributed by atoms with Gasteiger partial charge in [0.2, 0.25) is 0 Å². The van der Waals surface area contributed by atoms with Gasteiger partial charge in [0.1, 0.15) is 23.8 Å². The SMILES string of the molecule is CC(=O)c1ccc(CC(=O)O)c(OCc2cc(-c3cccc(CN)c3F)c3occc3c2)c1. The molecule has 1 heterocycles. The van der Waals surface area contributed by atoms with Gasteiger partial charge in [-0.05, 0) is 36.8 Å². The lowest BCUT2D eigenvalue weighted by atomic mass is 9.98. The molecule has 4 rings (SSSR count). The molecular weight excluding hydrogens is 425 g/mol. The maximum absolute atomic E-state index is 15.0. The van der Waals surface area contributed by atoms with Crippen LogP contribution in [-0.4, -0.2) is 16.9 Å². The molecule has 0 fully saturated rings. The number of benzene rings is 3. The summed E-state index contributed by atoms with van der Waals surface area (Å²) in [5, 5.41) is 9.97. The van der Waals surface area contributed by atoms with Crippen LogP contribution in [0.2, 0.25) is 0 Å². The van der Waals surface area contributed by atoms with E-state index in [1.165, 1.54) is 13.2 Å². The van der Waals surface area contributed by atoms with Crippen LogP contribution < -0.4 is 10.5 Å². The number of carboxylic acids is 1. The number of nitrogens with two attached hydrogens (primary N) is 1. The third kappa shape index (κ3) is 4.63. The molecular formula is C26H22FNO5. The zero-order chi connectivity index (χ0) is 23.5. The van der Waals surface area contributed by atoms with Crippen LogP contribution in [0.4, 0.5) is 4.39 Å². The maximum Gasteiger partial charge on any atom is 0.307 e. The van der Waals surface area contributed by atoms with Crippen molar-refractivity contribution in [2.75, 3.05) is 0 Å². The zero-order valence-electron chi connectivity index (χ0n) is 17.9. The summed E-state index contributed by atoms with van der Waals surface area (Å²) in [6.45, 7) is 1.59. The van der Waals surface area contributed by atoms with Gasteiger partial charge in [0.15, 0.2) is 5.78 Å². The van der Waals surface area contributed by atoms with E-state index >= 15 is 4.39 Å². The van der Waals surface area contributed by atoms with E-state index in [4.69, 9.17) is 14.9 Å². The topological polar surface area (TPSA) is 103 Å². The first-order chi connectivity index (χ1) is 15.9. The van der Waals surface area contributed by atoms with E-state index in [-0.39, 0.29) is 25.4 Å². The Morgan fingerprint density at radius 2 is 1.88 bits per heavy atom. The number of carbonyl (C=O) groups excluding carboxylic acids is 1. The van der Waals surface area contributed by atoms with E-state index < -0.39 is 11.8 Å². The number of hydrogen-bond acceptors (Lipinski definition) is 5. The third-order valence-electron chi connectivity index (χ3n) is 5.41. The van der Waals surface area contributed by atoms with Gasteiger partial charge in [0.25, 0.3) is 0 Å². The molecule has 0 spiro atoms. The monoisotopic (exact) mass is 447 g/mol. The second kappa shape index (κ2) is 9.26. The molecule has 0 atom stereocenters. The summed E-state index contributed by atoms with van der Waals surface area (Å²) < 4.78 is 26.6. The lowest BCUT2D eigenvalue weighted by Crippen LogP contribution is -2.06. The number of ketones is 1. The fraction of sp³-hybridized carbons (Fsp3) is 0.154. The fourth-order valence-corrected chi connectivity index (χ4v) is 3.75. The van der Waals surface area contributed by atoms with Crippen LogP contribution in [-0.2, 0) is 24.4 Å². The maximum atomic E-state index is 15.0. The molecule has 7 heteroatoms. The summed E-state index contributed by atoms with van der Waals surface area (Å²) in [5.41, 5.74) is 9.14. The second-order valence-corrected chi connectivity index (χ2v) is 7.70. The van der Waals surface area contributed by atoms with Crippen molar-refractivity contribution >= 4 is 22.7 Å². The highest BCUT2D eigenvalue weighted by atomic mass is 19.1. The first-order valence-electron chi connectivity index (χ1n) is 10.3. The largest absolute Gasteiger partial charge is 0.489 e. The van der Waals surface area contributed by atoms with Gasteiger partial charge in [-0.25, -0.2) is 4.39 Å². The minimum atomic E-state index is -1.01. The van der Waals surface area contributed by atoms with E-state index in [9.17, 15) is 14.7 Å². The molecule has 0 aliphatic carbocycles. The summed E-state index contributed by atoms with van der Waals surface area (Å²) in [4.78, 5) is 23.0. The molecule has 0 saturated heterocycles. The zero-order valence-corrected chi connectivity index (χ0v) is 17.9. The molecule has 0 bridgehead atoms. The van der Waals surface area contributed by atoms with Crippen molar-refractivity contribution in [2.45, 2.75) is 26.5 Å². The van der Waals surface area contributed by atoms with Gasteiger partial charge in [0.05, 0.1) is 12.7 Å². The van der Waals surface area contributed by atoms with Gasteiger partial charge in [-0.2, -0.15) is 0 Å². The lowest BCUT2D eigenvalue weighted by Gasteiger charge is -2.14. The molecule has 168 valence electrons. The molecule has 1 aromatic heterocycles. The average Bonchev–Trinajstić information content (AvgIpc) is 3.26. The smallest absolute Gasteiger partial charge is 0.307 e. The summed E-state index contributed by atoms with van der Waals surface area (Å²) >= 11 is 0. The number of furan rings is 1. The molecule has 0 unspecified atom stereocenters. The molecule has 3 N–H and O–H groups in total. The predicted molar refractivity (Wildman–Crippen MR) is 122 cm³/mol. The van der Waals surface area contributed by atoms with Crippen LogP contribution in [0.3, 0.4) is 0 Å². The Morgan fingerprint density at radius 3 is 2.61 bits per heavy atom. The van der Waals surface area contributed by atoms with Crippen LogP contribution in [0.15, 0.2) is 65.3 Å². The van der Waals surface area contributed by atoms with Crippen LogP contribution in [0.1, 0.15) is 34.0 Å². The van der Waals surface area contributed by atoms with Crippen LogP contribution in [0, 0.1) is 5.82 Å². The molecule has 0 aliphatic rings. The number of fused-ring (bicyclic) bond motifs is 1. The average molecular weight is 447 g/mol. The van der Waals surface area contributed by atoms with Gasteiger partial charge in [-0.15, -0.1) is 0 Å². The Hall–Kier alpha value is -3.97. The van der Waals surface area contributed by atoms with Gasteiger partial charge < -0.3 is 20.0 Å². The number of carboxylic acid groups (broad SMARTS) is 1. The van der Waals surface area contributed by atoms with Crippen LogP contribution >= 0.6 is 0 Å². The molecule has 33 heavy (non-hydrogen) atoms. The summed E-state index contributed by atoms with van der Waals surface area (Å²) in [6, 6.07) is 15.2. The van der Waals surface area contributed by atoms with E-state index in [1.807, 2.05) is 6.07 Å².